The van der Waals surface area contributed by atoms with Crippen LogP contribution in [-0.4, -0.2) is 48.7 Å². The Balaban J connectivity index is 1.36. The number of para-hydroxylation sites is 1. The van der Waals surface area contributed by atoms with E-state index < -0.39 is 30.0 Å². The second kappa shape index (κ2) is 13.8. The second-order valence-corrected chi connectivity index (χ2v) is 10.3. The van der Waals surface area contributed by atoms with Crippen molar-refractivity contribution in [2.45, 2.75) is 33.3 Å². The highest BCUT2D eigenvalue weighted by Crippen LogP contribution is 2.43. The van der Waals surface area contributed by atoms with Crippen LogP contribution in [0.5, 0.6) is 5.75 Å². The van der Waals surface area contributed by atoms with Gasteiger partial charge < -0.3 is 29.6 Å². The predicted octanol–water partition coefficient (Wildman–Crippen LogP) is 5.61. The Morgan fingerprint density at radius 1 is 0.822 bits per heavy atom. The molecule has 0 aliphatic carbocycles. The SMILES string of the molecule is CCNC(=O)OC1=C(C)NC(C)=C(OC(=O)OCCN2C(=O)c3ccccc3C2=O)C1c1ccccc1OCc1ccccc1. The summed E-state index contributed by atoms with van der Waals surface area (Å²) in [6.45, 7) is 5.41. The van der Waals surface area contributed by atoms with Gasteiger partial charge in [-0.1, -0.05) is 60.7 Å². The van der Waals surface area contributed by atoms with Crippen molar-refractivity contribution in [3.63, 3.8) is 0 Å². The molecule has 232 valence electrons. The Morgan fingerprint density at radius 3 is 2.09 bits per heavy atom. The van der Waals surface area contributed by atoms with Gasteiger partial charge in [-0.05, 0) is 44.5 Å². The normalized spacial score (nSPS) is 15.8. The zero-order valence-electron chi connectivity index (χ0n) is 25.1. The molecule has 3 amide bonds. The summed E-state index contributed by atoms with van der Waals surface area (Å²) in [5.41, 5.74) is 3.16. The van der Waals surface area contributed by atoms with E-state index in [-0.39, 0.29) is 31.3 Å². The number of amides is 3. The maximum Gasteiger partial charge on any atom is 0.513 e. The van der Waals surface area contributed by atoms with E-state index in [9.17, 15) is 19.2 Å². The molecular formula is C34H33N3O8. The number of hydrogen-bond donors (Lipinski definition) is 2. The van der Waals surface area contributed by atoms with E-state index in [0.29, 0.717) is 40.4 Å². The van der Waals surface area contributed by atoms with Crippen LogP contribution in [0.25, 0.3) is 0 Å². The smallest absolute Gasteiger partial charge is 0.489 e. The van der Waals surface area contributed by atoms with Gasteiger partial charge in [0.2, 0.25) is 0 Å². The van der Waals surface area contributed by atoms with Gasteiger partial charge in [0.25, 0.3) is 11.8 Å². The minimum Gasteiger partial charge on any atom is -0.489 e. The Kier molecular flexibility index (Phi) is 9.47. The van der Waals surface area contributed by atoms with Gasteiger partial charge in [-0.2, -0.15) is 0 Å². The first kappa shape index (κ1) is 30.9. The van der Waals surface area contributed by atoms with Gasteiger partial charge in [-0.15, -0.1) is 0 Å². The van der Waals surface area contributed by atoms with Gasteiger partial charge in [-0.3, -0.25) is 14.5 Å². The Bertz CT molecular complexity index is 1650. The fourth-order valence-electron chi connectivity index (χ4n) is 5.16. The highest BCUT2D eigenvalue weighted by atomic mass is 16.7. The van der Waals surface area contributed by atoms with Crippen molar-refractivity contribution in [2.24, 2.45) is 0 Å². The molecule has 0 fully saturated rings. The quantitative estimate of drug-likeness (QED) is 0.222. The van der Waals surface area contributed by atoms with Crippen molar-refractivity contribution in [1.82, 2.24) is 15.5 Å². The van der Waals surface area contributed by atoms with Crippen LogP contribution in [0.1, 0.15) is 58.5 Å². The fraction of sp³-hybridized carbons (Fsp3) is 0.235. The second-order valence-electron chi connectivity index (χ2n) is 10.3. The number of nitrogens with zero attached hydrogens (tertiary/aromatic N) is 1. The molecule has 45 heavy (non-hydrogen) atoms. The van der Waals surface area contributed by atoms with Gasteiger partial charge >= 0.3 is 12.2 Å². The van der Waals surface area contributed by atoms with Crippen LogP contribution < -0.4 is 15.4 Å². The molecule has 0 spiro atoms. The predicted molar refractivity (Wildman–Crippen MR) is 163 cm³/mol. The van der Waals surface area contributed by atoms with Gasteiger partial charge in [0, 0.05) is 12.1 Å². The van der Waals surface area contributed by atoms with Crippen LogP contribution in [0.2, 0.25) is 0 Å². The maximum absolute atomic E-state index is 13.0. The zero-order chi connectivity index (χ0) is 31.9. The number of ether oxygens (including phenoxy) is 4. The highest BCUT2D eigenvalue weighted by molar-refractivity contribution is 6.21. The number of dihydropyridines is 1. The summed E-state index contributed by atoms with van der Waals surface area (Å²) in [6, 6.07) is 23.3. The lowest BCUT2D eigenvalue weighted by molar-refractivity contribution is 0.0492. The van der Waals surface area contributed by atoms with Crippen molar-refractivity contribution in [3.8, 4) is 5.75 Å². The number of hydrogen-bond acceptors (Lipinski definition) is 9. The molecule has 2 aliphatic heterocycles. The summed E-state index contributed by atoms with van der Waals surface area (Å²) >= 11 is 0. The van der Waals surface area contributed by atoms with Crippen molar-refractivity contribution >= 4 is 24.1 Å². The van der Waals surface area contributed by atoms with Gasteiger partial charge in [0.15, 0.2) is 0 Å². The van der Waals surface area contributed by atoms with E-state index in [1.54, 1.807) is 63.2 Å². The fourth-order valence-corrected chi connectivity index (χ4v) is 5.16. The molecule has 2 heterocycles. The largest absolute Gasteiger partial charge is 0.513 e. The van der Waals surface area contributed by atoms with Gasteiger partial charge in [-0.25, -0.2) is 9.59 Å². The van der Waals surface area contributed by atoms with Crippen molar-refractivity contribution in [1.29, 1.82) is 0 Å². The first-order chi connectivity index (χ1) is 21.8. The summed E-state index contributed by atoms with van der Waals surface area (Å²) < 4.78 is 23.0. The molecule has 11 nitrogen and oxygen atoms in total. The molecule has 1 atom stereocenters. The van der Waals surface area contributed by atoms with Crippen LogP contribution in [0.3, 0.4) is 0 Å². The average molecular weight is 612 g/mol. The molecule has 0 saturated heterocycles. The summed E-state index contributed by atoms with van der Waals surface area (Å²) in [4.78, 5) is 52.0. The highest BCUT2D eigenvalue weighted by Gasteiger charge is 2.38. The Hall–Kier alpha value is -5.58. The minimum atomic E-state index is -1.06. The van der Waals surface area contributed by atoms with E-state index in [2.05, 4.69) is 10.6 Å². The third-order valence-electron chi connectivity index (χ3n) is 7.24. The first-order valence-electron chi connectivity index (χ1n) is 14.5. The van der Waals surface area contributed by atoms with Crippen LogP contribution >= 0.6 is 0 Å². The van der Waals surface area contributed by atoms with Crippen molar-refractivity contribution in [2.75, 3.05) is 19.7 Å². The maximum atomic E-state index is 13.0. The molecule has 1 unspecified atom stereocenters. The lowest BCUT2D eigenvalue weighted by Crippen LogP contribution is -2.34. The molecule has 0 saturated carbocycles. The number of alkyl carbamates (subject to hydrolysis) is 1. The number of carbonyl (C=O) groups is 4. The van der Waals surface area contributed by atoms with Gasteiger partial charge in [0.05, 0.1) is 29.1 Å². The number of nitrogens with one attached hydrogen (secondary N) is 2. The van der Waals surface area contributed by atoms with E-state index in [0.717, 1.165) is 10.5 Å². The Labute approximate surface area is 260 Å². The third kappa shape index (κ3) is 6.82. The molecule has 2 N–H and O–H groups in total. The number of allylic oxidation sites excluding steroid dienone is 2. The molecule has 0 aromatic heterocycles. The molecule has 0 bridgehead atoms. The number of imide groups is 1. The molecule has 3 aromatic carbocycles. The van der Waals surface area contributed by atoms with Gasteiger partial charge in [0.1, 0.15) is 36.4 Å². The van der Waals surface area contributed by atoms with Crippen LogP contribution in [0, 0.1) is 0 Å². The molecule has 11 heteroatoms. The summed E-state index contributed by atoms with van der Waals surface area (Å²) in [5.74, 6) is -0.960. The lowest BCUT2D eigenvalue weighted by Gasteiger charge is -2.31. The molecule has 3 aromatic rings. The van der Waals surface area contributed by atoms with E-state index in [4.69, 9.17) is 18.9 Å². The summed E-state index contributed by atoms with van der Waals surface area (Å²) in [6.07, 6.45) is -1.74. The monoisotopic (exact) mass is 611 g/mol. The van der Waals surface area contributed by atoms with Crippen molar-refractivity contribution in [3.05, 3.63) is 124 Å². The number of fused-ring (bicyclic) bond motifs is 1. The molecule has 0 radical (unpaired) electrons. The van der Waals surface area contributed by atoms with Crippen molar-refractivity contribution < 1.29 is 38.1 Å². The number of carbonyl (C=O) groups excluding carboxylic acids is 4. The molecular weight excluding hydrogens is 578 g/mol. The van der Waals surface area contributed by atoms with E-state index >= 15 is 0 Å². The average Bonchev–Trinajstić information content (AvgIpc) is 3.28. The summed E-state index contributed by atoms with van der Waals surface area (Å²) in [5, 5.41) is 5.73. The molecule has 2 aliphatic rings. The van der Waals surface area contributed by atoms with Crippen LogP contribution in [-0.2, 0) is 20.8 Å². The standard InChI is InChI=1S/C34H33N3O8/c1-4-35-33(40)44-29-21(2)36-22(3)30(28(29)26-16-10-11-17-27(26)43-20-23-12-6-5-7-13-23)45-34(41)42-19-18-37-31(38)24-14-8-9-15-25(24)32(37)39/h5-17,28,36H,4,18-20H2,1-3H3,(H,35,40). The molecule has 5 rings (SSSR count). The Morgan fingerprint density at radius 2 is 1.42 bits per heavy atom. The summed E-state index contributed by atoms with van der Waals surface area (Å²) in [7, 11) is 0. The van der Waals surface area contributed by atoms with E-state index in [1.807, 2.05) is 36.4 Å². The van der Waals surface area contributed by atoms with Crippen LogP contribution in [0.15, 0.2) is 102 Å². The third-order valence-corrected chi connectivity index (χ3v) is 7.24. The zero-order valence-corrected chi connectivity index (χ0v) is 25.1. The van der Waals surface area contributed by atoms with Crippen LogP contribution in [0.4, 0.5) is 9.59 Å². The number of rotatable bonds is 10. The number of benzene rings is 3. The van der Waals surface area contributed by atoms with E-state index in [1.165, 1.54) is 0 Å². The lowest BCUT2D eigenvalue weighted by atomic mass is 9.90. The first-order valence-corrected chi connectivity index (χ1v) is 14.5. The topological polar surface area (TPSA) is 132 Å². The minimum absolute atomic E-state index is 0.126.